The summed E-state index contributed by atoms with van der Waals surface area (Å²) in [4.78, 5) is 24.8. The van der Waals surface area contributed by atoms with Gasteiger partial charge in [0, 0.05) is 18.0 Å². The summed E-state index contributed by atoms with van der Waals surface area (Å²) in [6.45, 7) is 0.0350. The van der Waals surface area contributed by atoms with Crippen molar-refractivity contribution in [3.8, 4) is 0 Å². The Morgan fingerprint density at radius 1 is 0.857 bits per heavy atom. The van der Waals surface area contributed by atoms with E-state index < -0.39 is 26.9 Å². The Hall–Kier alpha value is -2.49. The van der Waals surface area contributed by atoms with Crippen molar-refractivity contribution in [3.05, 3.63) is 75.8 Å². The number of rotatable bonds is 7. The summed E-state index contributed by atoms with van der Waals surface area (Å²) in [7, 11) is -3.67. The lowest BCUT2D eigenvalue weighted by Crippen LogP contribution is -2.41. The predicted molar refractivity (Wildman–Crippen MR) is 110 cm³/mol. The molecule has 0 aliphatic rings. The maximum atomic E-state index is 13.0. The van der Waals surface area contributed by atoms with Crippen LogP contribution in [0, 0.1) is 0 Å². The number of amides is 2. The molecule has 0 saturated heterocycles. The zero-order valence-corrected chi connectivity index (χ0v) is 17.1. The first kappa shape index (κ1) is 20.2. The highest BCUT2D eigenvalue weighted by atomic mass is 32.2. The molecule has 0 unspecified atom stereocenters. The Kier molecular flexibility index (Phi) is 6.61. The Bertz CT molecular complexity index is 1010. The number of hydrogen-bond acceptors (Lipinski definition) is 6. The van der Waals surface area contributed by atoms with Gasteiger partial charge in [0.1, 0.15) is 9.46 Å². The molecule has 3 aromatic rings. The molecule has 146 valence electrons. The first-order valence-corrected chi connectivity index (χ1v) is 11.7. The van der Waals surface area contributed by atoms with Gasteiger partial charge in [0.25, 0.3) is 0 Å². The quantitative estimate of drug-likeness (QED) is 0.559. The van der Waals surface area contributed by atoms with E-state index in [1.165, 1.54) is 17.4 Å². The van der Waals surface area contributed by atoms with Crippen LogP contribution in [0.3, 0.4) is 0 Å². The topological polar surface area (TPSA) is 92.3 Å². The average Bonchev–Trinajstić information content (AvgIpc) is 3.41. The van der Waals surface area contributed by atoms with Crippen molar-refractivity contribution < 1.29 is 18.0 Å². The third kappa shape index (κ3) is 4.86. The monoisotopic (exact) mass is 434 g/mol. The molecule has 0 bridgehead atoms. The SMILES string of the molecule is O=C(NCc1ccccc1)C(=O)NC[C@H](c1cccs1)S(=O)(=O)c1cccs1. The molecular formula is C19H18N2O4S3. The third-order valence-electron chi connectivity index (χ3n) is 3.96. The maximum Gasteiger partial charge on any atom is 0.309 e. The van der Waals surface area contributed by atoms with Crippen molar-refractivity contribution in [3.63, 3.8) is 0 Å². The lowest BCUT2D eigenvalue weighted by atomic mass is 10.2. The summed E-state index contributed by atoms with van der Waals surface area (Å²) < 4.78 is 26.1. The summed E-state index contributed by atoms with van der Waals surface area (Å²) in [5, 5.41) is 7.50. The standard InChI is InChI=1S/C19H18N2O4S3/c22-18(20-12-14-6-2-1-3-7-14)19(23)21-13-16(15-8-4-10-26-15)28(24,25)17-9-5-11-27-17/h1-11,16H,12-13H2,(H,20,22)(H,21,23)/t16-/m1/s1. The van der Waals surface area contributed by atoms with Crippen molar-refractivity contribution in [1.29, 1.82) is 0 Å². The molecule has 0 saturated carbocycles. The van der Waals surface area contributed by atoms with Crippen LogP contribution >= 0.6 is 22.7 Å². The largest absolute Gasteiger partial charge is 0.346 e. The van der Waals surface area contributed by atoms with E-state index in [4.69, 9.17) is 0 Å². The van der Waals surface area contributed by atoms with Crippen molar-refractivity contribution in [2.45, 2.75) is 16.0 Å². The highest BCUT2D eigenvalue weighted by Gasteiger charge is 2.31. The summed E-state index contributed by atoms with van der Waals surface area (Å²) in [5.41, 5.74) is 0.861. The molecule has 0 fully saturated rings. The van der Waals surface area contributed by atoms with Gasteiger partial charge in [-0.25, -0.2) is 8.42 Å². The highest BCUT2D eigenvalue weighted by molar-refractivity contribution is 7.93. The van der Waals surface area contributed by atoms with Gasteiger partial charge in [-0.2, -0.15) is 0 Å². The van der Waals surface area contributed by atoms with E-state index in [-0.39, 0.29) is 17.3 Å². The third-order valence-corrected chi connectivity index (χ3v) is 8.61. The van der Waals surface area contributed by atoms with Crippen LogP contribution in [0.4, 0.5) is 0 Å². The smallest absolute Gasteiger partial charge is 0.309 e. The Morgan fingerprint density at radius 2 is 1.54 bits per heavy atom. The van der Waals surface area contributed by atoms with Crippen LogP contribution < -0.4 is 10.6 Å². The maximum absolute atomic E-state index is 13.0. The van der Waals surface area contributed by atoms with Gasteiger partial charge in [-0.1, -0.05) is 42.5 Å². The molecular weight excluding hydrogens is 416 g/mol. The van der Waals surface area contributed by atoms with Crippen molar-refractivity contribution >= 4 is 44.3 Å². The molecule has 0 aliphatic carbocycles. The van der Waals surface area contributed by atoms with Crippen LogP contribution in [0.15, 0.2) is 69.6 Å². The molecule has 2 aromatic heterocycles. The zero-order valence-electron chi connectivity index (χ0n) is 14.7. The molecule has 6 nitrogen and oxygen atoms in total. The predicted octanol–water partition coefficient (Wildman–Crippen LogP) is 2.76. The van der Waals surface area contributed by atoms with E-state index >= 15 is 0 Å². The number of carbonyl (C=O) groups excluding carboxylic acids is 2. The summed E-state index contributed by atoms with van der Waals surface area (Å²) >= 11 is 2.42. The van der Waals surface area contributed by atoms with Crippen molar-refractivity contribution in [1.82, 2.24) is 10.6 Å². The fraction of sp³-hybridized carbons (Fsp3) is 0.158. The van der Waals surface area contributed by atoms with E-state index in [1.54, 1.807) is 29.0 Å². The summed E-state index contributed by atoms with van der Waals surface area (Å²) in [5.74, 6) is -1.67. The van der Waals surface area contributed by atoms with E-state index in [9.17, 15) is 18.0 Å². The normalized spacial score (nSPS) is 12.3. The van der Waals surface area contributed by atoms with Crippen LogP contribution in [-0.4, -0.2) is 26.8 Å². The molecule has 2 heterocycles. The van der Waals surface area contributed by atoms with Gasteiger partial charge < -0.3 is 10.6 Å². The van der Waals surface area contributed by atoms with Gasteiger partial charge in [-0.3, -0.25) is 9.59 Å². The van der Waals surface area contributed by atoms with Gasteiger partial charge in [0.05, 0.1) is 0 Å². The first-order valence-electron chi connectivity index (χ1n) is 8.39. The number of carbonyl (C=O) groups is 2. The van der Waals surface area contributed by atoms with Crippen molar-refractivity contribution in [2.75, 3.05) is 6.54 Å². The van der Waals surface area contributed by atoms with Gasteiger partial charge in [0.2, 0.25) is 0 Å². The molecule has 0 aliphatic heterocycles. The van der Waals surface area contributed by atoms with Gasteiger partial charge in [0.15, 0.2) is 9.84 Å². The molecule has 0 spiro atoms. The highest BCUT2D eigenvalue weighted by Crippen LogP contribution is 2.33. The minimum atomic E-state index is -3.67. The number of nitrogens with one attached hydrogen (secondary N) is 2. The van der Waals surface area contributed by atoms with Gasteiger partial charge >= 0.3 is 11.8 Å². The second kappa shape index (κ2) is 9.13. The van der Waals surface area contributed by atoms with Crippen LogP contribution in [0.2, 0.25) is 0 Å². The minimum absolute atomic E-state index is 0.182. The van der Waals surface area contributed by atoms with Crippen LogP contribution in [0.5, 0.6) is 0 Å². The number of hydrogen-bond donors (Lipinski definition) is 2. The van der Waals surface area contributed by atoms with Crippen LogP contribution in [0.1, 0.15) is 15.7 Å². The fourth-order valence-electron chi connectivity index (χ4n) is 2.53. The Labute approximate surface area is 171 Å². The first-order chi connectivity index (χ1) is 13.5. The summed E-state index contributed by atoms with van der Waals surface area (Å²) in [6, 6.07) is 15.9. The minimum Gasteiger partial charge on any atom is -0.346 e. The van der Waals surface area contributed by atoms with E-state index in [0.29, 0.717) is 4.88 Å². The molecule has 3 rings (SSSR count). The lowest BCUT2D eigenvalue weighted by molar-refractivity contribution is -0.139. The van der Waals surface area contributed by atoms with E-state index in [0.717, 1.165) is 16.9 Å². The van der Waals surface area contributed by atoms with Crippen molar-refractivity contribution in [2.24, 2.45) is 0 Å². The molecule has 0 radical (unpaired) electrons. The van der Waals surface area contributed by atoms with Crippen LogP contribution in [-0.2, 0) is 26.0 Å². The van der Waals surface area contributed by atoms with E-state index in [1.807, 2.05) is 30.3 Å². The Morgan fingerprint density at radius 3 is 2.18 bits per heavy atom. The summed E-state index contributed by atoms with van der Waals surface area (Å²) in [6.07, 6.45) is 0. The zero-order chi connectivity index (χ0) is 20.0. The molecule has 2 amide bonds. The second-order valence-corrected chi connectivity index (χ2v) is 10.1. The molecule has 28 heavy (non-hydrogen) atoms. The number of sulfone groups is 1. The molecule has 9 heteroatoms. The number of benzene rings is 1. The van der Waals surface area contributed by atoms with Gasteiger partial charge in [-0.15, -0.1) is 22.7 Å². The average molecular weight is 435 g/mol. The second-order valence-electron chi connectivity index (χ2n) is 5.86. The number of thiophene rings is 2. The van der Waals surface area contributed by atoms with E-state index in [2.05, 4.69) is 10.6 Å². The fourth-order valence-corrected chi connectivity index (χ4v) is 6.52. The van der Waals surface area contributed by atoms with Crippen LogP contribution in [0.25, 0.3) is 0 Å². The molecule has 1 aromatic carbocycles. The van der Waals surface area contributed by atoms with Gasteiger partial charge in [-0.05, 0) is 28.5 Å². The molecule has 1 atom stereocenters. The molecule has 2 N–H and O–H groups in total. The Balaban J connectivity index is 1.65. The lowest BCUT2D eigenvalue weighted by Gasteiger charge is -2.16.